The summed E-state index contributed by atoms with van der Waals surface area (Å²) >= 11 is 8.00. The summed E-state index contributed by atoms with van der Waals surface area (Å²) in [7, 11) is 2.08. The van der Waals surface area contributed by atoms with Crippen LogP contribution in [0.15, 0.2) is 71.5 Å². The zero-order chi connectivity index (χ0) is 41.1. The number of para-hydroxylation sites is 1. The van der Waals surface area contributed by atoms with E-state index in [1.54, 1.807) is 19.1 Å². The van der Waals surface area contributed by atoms with Gasteiger partial charge < -0.3 is 28.6 Å². The highest BCUT2D eigenvalue weighted by Gasteiger charge is 2.36. The van der Waals surface area contributed by atoms with E-state index in [0.717, 1.165) is 49.9 Å². The molecule has 12 nitrogen and oxygen atoms in total. The third-order valence-corrected chi connectivity index (χ3v) is 11.2. The summed E-state index contributed by atoms with van der Waals surface area (Å²) in [6.45, 7) is 4.84. The number of furan rings is 1. The van der Waals surface area contributed by atoms with Crippen LogP contribution >= 0.6 is 22.9 Å². The highest BCUT2D eigenvalue weighted by Crippen LogP contribution is 2.50. The SMILES string of the molecule is Cc1c(-c2c(-c3ccc(F)o3)sc3ncnc(O[C@H](C(=O)O)[C@H](F)c4ccccc4OCc4ccnn4CC(F)(F)F)c23)ccc(OCCN2CCN(C)CC2)c1Cl. The first-order valence-electron chi connectivity index (χ1n) is 18.0. The van der Waals surface area contributed by atoms with Crippen molar-refractivity contribution in [1.29, 1.82) is 0 Å². The van der Waals surface area contributed by atoms with Crippen LogP contribution in [0.25, 0.3) is 32.0 Å². The molecule has 5 heterocycles. The summed E-state index contributed by atoms with van der Waals surface area (Å²) in [5, 5.41) is 14.5. The van der Waals surface area contributed by atoms with E-state index in [2.05, 4.69) is 31.9 Å². The number of rotatable bonds is 15. The van der Waals surface area contributed by atoms with E-state index >= 15 is 4.39 Å². The molecular weight excluding hydrogens is 811 g/mol. The van der Waals surface area contributed by atoms with Gasteiger partial charge >= 0.3 is 12.1 Å². The standard InChI is InChI=1S/C39H36ClF5N6O6S/c1-22-24(7-8-27(32(22)40)54-18-17-50-15-13-49(2)14-16-50)30-31-36(46-21-47-37(31)58-35(30)28-9-10-29(41)56-28)57-34(38(52)53)33(42)25-5-3-4-6-26(25)55-19-23-11-12-48-51(23)20-39(43,44)45/h3-12,21,33-34H,13-20H2,1-2H3,(H,52,53)/t33-,34+/m1/s1. The monoisotopic (exact) mass is 846 g/mol. The van der Waals surface area contributed by atoms with Gasteiger partial charge in [-0.1, -0.05) is 35.9 Å². The molecule has 2 aromatic carbocycles. The van der Waals surface area contributed by atoms with Crippen molar-refractivity contribution < 1.29 is 50.5 Å². The number of aliphatic carboxylic acids is 1. The topological polar surface area (TPSA) is 128 Å². The number of hydrogen-bond acceptors (Lipinski definition) is 11. The normalized spacial score (nSPS) is 15.1. The van der Waals surface area contributed by atoms with Gasteiger partial charge in [-0.25, -0.2) is 19.2 Å². The zero-order valence-electron chi connectivity index (χ0n) is 31.0. The van der Waals surface area contributed by atoms with Crippen LogP contribution in [0.4, 0.5) is 22.0 Å². The van der Waals surface area contributed by atoms with Crippen molar-refractivity contribution in [2.24, 2.45) is 0 Å². The number of halogens is 6. The first-order valence-corrected chi connectivity index (χ1v) is 19.2. The minimum absolute atomic E-state index is 0.0508. The molecule has 1 fully saturated rings. The van der Waals surface area contributed by atoms with E-state index in [1.165, 1.54) is 42.6 Å². The minimum Gasteiger partial charge on any atom is -0.491 e. The fourth-order valence-electron chi connectivity index (χ4n) is 6.57. The lowest BCUT2D eigenvalue weighted by molar-refractivity contribution is -0.148. The third kappa shape index (κ3) is 9.04. The summed E-state index contributed by atoms with van der Waals surface area (Å²) in [5.41, 5.74) is 1.25. The Balaban J connectivity index is 1.21. The summed E-state index contributed by atoms with van der Waals surface area (Å²) < 4.78 is 93.9. The maximum atomic E-state index is 16.6. The Morgan fingerprint density at radius 3 is 2.53 bits per heavy atom. The smallest absolute Gasteiger partial charge is 0.408 e. The number of piperazine rings is 1. The fourth-order valence-corrected chi connectivity index (χ4v) is 7.90. The molecule has 306 valence electrons. The van der Waals surface area contributed by atoms with Gasteiger partial charge in [0.25, 0.3) is 6.01 Å². The molecule has 2 atom stereocenters. The lowest BCUT2D eigenvalue weighted by Gasteiger charge is -2.32. The molecule has 0 radical (unpaired) electrons. The Kier molecular flexibility index (Phi) is 12.2. The van der Waals surface area contributed by atoms with Gasteiger partial charge in [0.1, 0.15) is 48.2 Å². The lowest BCUT2D eigenvalue weighted by atomic mass is 9.97. The van der Waals surface area contributed by atoms with Gasteiger partial charge in [0, 0.05) is 56.1 Å². The minimum atomic E-state index is -4.55. The highest BCUT2D eigenvalue weighted by atomic mass is 35.5. The number of carbonyl (C=O) groups is 1. The number of thiophene rings is 1. The van der Waals surface area contributed by atoms with Gasteiger partial charge in [-0.05, 0) is 49.4 Å². The van der Waals surface area contributed by atoms with Gasteiger partial charge in [0.15, 0.2) is 6.17 Å². The molecule has 0 spiro atoms. The quantitative estimate of drug-likeness (QED) is 0.100. The van der Waals surface area contributed by atoms with Crippen molar-refractivity contribution in [3.05, 3.63) is 95.0 Å². The van der Waals surface area contributed by atoms with Crippen molar-refractivity contribution >= 4 is 39.1 Å². The van der Waals surface area contributed by atoms with Gasteiger partial charge in [-0.15, -0.1) is 11.3 Å². The summed E-state index contributed by atoms with van der Waals surface area (Å²) in [4.78, 5) is 26.6. The van der Waals surface area contributed by atoms with Crippen LogP contribution in [0.3, 0.4) is 0 Å². The number of nitrogens with zero attached hydrogens (tertiary/aromatic N) is 6. The molecule has 6 aromatic rings. The van der Waals surface area contributed by atoms with E-state index < -0.39 is 43.6 Å². The number of alkyl halides is 4. The predicted octanol–water partition coefficient (Wildman–Crippen LogP) is 8.23. The lowest BCUT2D eigenvalue weighted by Crippen LogP contribution is -2.45. The fraction of sp³-hybridized carbons (Fsp3) is 0.333. The number of benzene rings is 2. The molecule has 1 aliphatic heterocycles. The Hall–Kier alpha value is -5.30. The number of aromatic nitrogens is 4. The van der Waals surface area contributed by atoms with E-state index in [9.17, 15) is 27.5 Å². The molecule has 1 N–H and O–H groups in total. The van der Waals surface area contributed by atoms with Crippen LogP contribution < -0.4 is 14.2 Å². The van der Waals surface area contributed by atoms with Gasteiger partial charge in [0.05, 0.1) is 21.0 Å². The van der Waals surface area contributed by atoms with E-state index in [1.807, 2.05) is 0 Å². The average Bonchev–Trinajstić information content (AvgIpc) is 3.93. The molecule has 0 bridgehead atoms. The van der Waals surface area contributed by atoms with Crippen LogP contribution in [0.2, 0.25) is 5.02 Å². The first kappa shape index (κ1) is 40.9. The van der Waals surface area contributed by atoms with Crippen molar-refractivity contribution in [1.82, 2.24) is 29.5 Å². The van der Waals surface area contributed by atoms with Crippen molar-refractivity contribution in [3.8, 4) is 39.1 Å². The second-order valence-electron chi connectivity index (χ2n) is 13.5. The van der Waals surface area contributed by atoms with Crippen molar-refractivity contribution in [2.75, 3.05) is 46.4 Å². The van der Waals surface area contributed by atoms with E-state index in [0.29, 0.717) is 50.2 Å². The number of carboxylic acid groups (broad SMARTS) is 1. The van der Waals surface area contributed by atoms with Crippen molar-refractivity contribution in [2.45, 2.75) is 38.5 Å². The largest absolute Gasteiger partial charge is 0.491 e. The van der Waals surface area contributed by atoms with Crippen LogP contribution in [0.1, 0.15) is 23.0 Å². The number of likely N-dealkylation sites (N-methyl/N-ethyl adjacent to an activating group) is 1. The number of hydrogen-bond donors (Lipinski definition) is 1. The van der Waals surface area contributed by atoms with E-state index in [-0.39, 0.29) is 38.9 Å². The average molecular weight is 847 g/mol. The molecule has 0 saturated carbocycles. The number of fused-ring (bicyclic) bond motifs is 1. The maximum absolute atomic E-state index is 16.6. The summed E-state index contributed by atoms with van der Waals surface area (Å²) in [6, 6.07) is 12.1. The first-order chi connectivity index (χ1) is 27.8. The molecule has 0 amide bonds. The molecule has 0 aliphatic carbocycles. The van der Waals surface area contributed by atoms with Crippen LogP contribution in [-0.4, -0.2) is 99.3 Å². The maximum Gasteiger partial charge on any atom is 0.408 e. The summed E-state index contributed by atoms with van der Waals surface area (Å²) in [6.07, 6.45) is -6.85. The zero-order valence-corrected chi connectivity index (χ0v) is 32.6. The van der Waals surface area contributed by atoms with Crippen LogP contribution in [0.5, 0.6) is 17.4 Å². The van der Waals surface area contributed by atoms with Gasteiger partial charge in [-0.2, -0.15) is 22.7 Å². The van der Waals surface area contributed by atoms with Crippen molar-refractivity contribution in [3.63, 3.8) is 0 Å². The number of ether oxygens (including phenoxy) is 3. The Labute approximate surface area is 337 Å². The molecule has 0 unspecified atom stereocenters. The van der Waals surface area contributed by atoms with E-state index in [4.69, 9.17) is 30.2 Å². The Morgan fingerprint density at radius 1 is 1.03 bits per heavy atom. The molecule has 58 heavy (non-hydrogen) atoms. The summed E-state index contributed by atoms with van der Waals surface area (Å²) in [5.74, 6) is -1.56. The predicted molar refractivity (Wildman–Crippen MR) is 205 cm³/mol. The molecule has 1 aliphatic rings. The molecule has 19 heteroatoms. The molecule has 7 rings (SSSR count). The molecule has 1 saturated heterocycles. The molecular formula is C39H36ClF5N6O6S. The van der Waals surface area contributed by atoms with Crippen LogP contribution in [0, 0.1) is 12.9 Å². The Bertz CT molecular complexity index is 2400. The van der Waals surface area contributed by atoms with Gasteiger partial charge in [0.2, 0.25) is 12.0 Å². The highest BCUT2D eigenvalue weighted by molar-refractivity contribution is 7.22. The second-order valence-corrected chi connectivity index (χ2v) is 14.9. The van der Waals surface area contributed by atoms with Crippen LogP contribution in [-0.2, 0) is 17.9 Å². The molecule has 4 aromatic heterocycles. The Morgan fingerprint density at radius 2 is 1.81 bits per heavy atom. The number of carboxylic acids is 1. The van der Waals surface area contributed by atoms with Gasteiger partial charge in [-0.3, -0.25) is 9.58 Å². The second kappa shape index (κ2) is 17.3. The third-order valence-electron chi connectivity index (χ3n) is 9.60.